The van der Waals surface area contributed by atoms with Crippen molar-refractivity contribution in [3.05, 3.63) is 34.3 Å². The van der Waals surface area contributed by atoms with E-state index in [0.29, 0.717) is 5.92 Å². The van der Waals surface area contributed by atoms with Crippen LogP contribution in [0.5, 0.6) is 0 Å². The minimum absolute atomic E-state index is 0.259. The zero-order chi connectivity index (χ0) is 16.4. The molecular formula is C19H31BrOSi. The molecule has 1 aliphatic rings. The number of halogens is 1. The first-order valence-corrected chi connectivity index (χ1v) is 12.3. The van der Waals surface area contributed by atoms with Gasteiger partial charge in [-0.25, -0.2) is 0 Å². The predicted octanol–water partition coefficient (Wildman–Crippen LogP) is 7.09. The molecule has 0 spiro atoms. The third-order valence-electron chi connectivity index (χ3n) is 5.50. The standard InChI is InChI=1S/C19H31BrOSi/c1-19(2,3)22(4,5)21-18(15-9-7-6-8-10-15)16-11-13-17(20)14-12-16/h11-15,18H,6-10H2,1-5H3. The second-order valence-corrected chi connectivity index (χ2v) is 13.9. The summed E-state index contributed by atoms with van der Waals surface area (Å²) in [5.74, 6) is 0.684. The van der Waals surface area contributed by atoms with E-state index in [1.807, 2.05) is 0 Å². The van der Waals surface area contributed by atoms with E-state index in [1.54, 1.807) is 0 Å². The third kappa shape index (κ3) is 4.45. The second kappa shape index (κ2) is 7.19. The summed E-state index contributed by atoms with van der Waals surface area (Å²) in [6, 6.07) is 8.80. The zero-order valence-corrected chi connectivity index (χ0v) is 17.4. The summed E-state index contributed by atoms with van der Waals surface area (Å²) < 4.78 is 8.04. The van der Waals surface area contributed by atoms with Crippen molar-refractivity contribution in [1.29, 1.82) is 0 Å². The van der Waals surface area contributed by atoms with Gasteiger partial charge in [-0.3, -0.25) is 0 Å². The Morgan fingerprint density at radius 1 is 1.05 bits per heavy atom. The summed E-state index contributed by atoms with van der Waals surface area (Å²) >= 11 is 3.55. The summed E-state index contributed by atoms with van der Waals surface area (Å²) in [6.07, 6.45) is 7.01. The van der Waals surface area contributed by atoms with Crippen LogP contribution < -0.4 is 0 Å². The average molecular weight is 383 g/mol. The highest BCUT2D eigenvalue weighted by Crippen LogP contribution is 2.44. The zero-order valence-electron chi connectivity index (χ0n) is 14.8. The van der Waals surface area contributed by atoms with Gasteiger partial charge in [-0.1, -0.05) is 68.1 Å². The SMILES string of the molecule is CC(C)(C)[Si](C)(C)OC(c1ccc(Br)cc1)C1CCCCC1. The van der Waals surface area contributed by atoms with E-state index in [-0.39, 0.29) is 11.1 Å². The molecule has 1 nitrogen and oxygen atoms in total. The maximum atomic E-state index is 6.89. The predicted molar refractivity (Wildman–Crippen MR) is 102 cm³/mol. The molecule has 0 aliphatic heterocycles. The van der Waals surface area contributed by atoms with Gasteiger partial charge in [0.1, 0.15) is 0 Å². The van der Waals surface area contributed by atoms with E-state index in [9.17, 15) is 0 Å². The van der Waals surface area contributed by atoms with E-state index in [2.05, 4.69) is 74.1 Å². The van der Waals surface area contributed by atoms with Crippen LogP contribution in [-0.2, 0) is 4.43 Å². The maximum absolute atomic E-state index is 6.89. The first kappa shape index (κ1) is 18.2. The number of rotatable bonds is 4. The van der Waals surface area contributed by atoms with Gasteiger partial charge in [-0.05, 0) is 54.6 Å². The van der Waals surface area contributed by atoms with Crippen LogP contribution in [0.25, 0.3) is 0 Å². The monoisotopic (exact) mass is 382 g/mol. The average Bonchev–Trinajstić information content (AvgIpc) is 2.46. The summed E-state index contributed by atoms with van der Waals surface area (Å²) in [6.45, 7) is 11.7. The Bertz CT molecular complexity index is 469. The van der Waals surface area contributed by atoms with Crippen LogP contribution in [0.1, 0.15) is 64.5 Å². The minimum atomic E-state index is -1.76. The van der Waals surface area contributed by atoms with Gasteiger partial charge in [0.2, 0.25) is 0 Å². The Morgan fingerprint density at radius 2 is 1.59 bits per heavy atom. The smallest absolute Gasteiger partial charge is 0.192 e. The van der Waals surface area contributed by atoms with Crippen LogP contribution in [-0.4, -0.2) is 8.32 Å². The highest BCUT2D eigenvalue weighted by molar-refractivity contribution is 9.10. The number of hydrogen-bond acceptors (Lipinski definition) is 1. The van der Waals surface area contributed by atoms with Crippen LogP contribution in [0, 0.1) is 5.92 Å². The van der Waals surface area contributed by atoms with E-state index in [1.165, 1.54) is 37.7 Å². The molecule has 1 fully saturated rings. The van der Waals surface area contributed by atoms with Crippen LogP contribution in [0.15, 0.2) is 28.7 Å². The quantitative estimate of drug-likeness (QED) is 0.504. The fraction of sp³-hybridized carbons (Fsp3) is 0.684. The van der Waals surface area contributed by atoms with Crippen LogP contribution in [0.3, 0.4) is 0 Å². The molecule has 1 aromatic carbocycles. The fourth-order valence-electron chi connectivity index (χ4n) is 3.02. The lowest BCUT2D eigenvalue weighted by Crippen LogP contribution is -2.43. The van der Waals surface area contributed by atoms with Crippen molar-refractivity contribution in [3.8, 4) is 0 Å². The van der Waals surface area contributed by atoms with Gasteiger partial charge < -0.3 is 4.43 Å². The molecule has 1 aliphatic carbocycles. The molecule has 2 rings (SSSR count). The summed E-state index contributed by atoms with van der Waals surface area (Å²) in [5, 5.41) is 0.259. The van der Waals surface area contributed by atoms with Gasteiger partial charge in [0.25, 0.3) is 0 Å². The van der Waals surface area contributed by atoms with Crippen molar-refractivity contribution in [1.82, 2.24) is 0 Å². The lowest BCUT2D eigenvalue weighted by molar-refractivity contribution is 0.0937. The van der Waals surface area contributed by atoms with E-state index >= 15 is 0 Å². The van der Waals surface area contributed by atoms with Crippen molar-refractivity contribution >= 4 is 24.2 Å². The molecule has 124 valence electrons. The number of hydrogen-bond donors (Lipinski definition) is 0. The molecule has 0 bridgehead atoms. The molecule has 0 amide bonds. The Balaban J connectivity index is 2.27. The molecule has 0 N–H and O–H groups in total. The van der Waals surface area contributed by atoms with Crippen molar-refractivity contribution in [2.45, 2.75) is 77.1 Å². The van der Waals surface area contributed by atoms with Gasteiger partial charge in [0.05, 0.1) is 6.10 Å². The Hall–Kier alpha value is -0.123. The Kier molecular flexibility index (Phi) is 5.95. The van der Waals surface area contributed by atoms with Crippen LogP contribution in [0.4, 0.5) is 0 Å². The second-order valence-electron chi connectivity index (χ2n) is 8.25. The van der Waals surface area contributed by atoms with Crippen molar-refractivity contribution in [3.63, 3.8) is 0 Å². The van der Waals surface area contributed by atoms with E-state index in [4.69, 9.17) is 4.43 Å². The molecule has 3 heteroatoms. The van der Waals surface area contributed by atoms with Crippen molar-refractivity contribution in [2.24, 2.45) is 5.92 Å². The van der Waals surface area contributed by atoms with Gasteiger partial charge >= 0.3 is 0 Å². The highest BCUT2D eigenvalue weighted by Gasteiger charge is 2.41. The lowest BCUT2D eigenvalue weighted by Gasteiger charge is -2.42. The topological polar surface area (TPSA) is 9.23 Å². The minimum Gasteiger partial charge on any atom is -0.410 e. The number of benzene rings is 1. The molecular weight excluding hydrogens is 352 g/mol. The molecule has 0 radical (unpaired) electrons. The molecule has 1 saturated carbocycles. The van der Waals surface area contributed by atoms with Gasteiger partial charge in [0, 0.05) is 4.47 Å². The molecule has 0 saturated heterocycles. The molecule has 1 aromatic rings. The molecule has 1 atom stereocenters. The molecule has 0 aromatic heterocycles. The Labute approximate surface area is 146 Å². The van der Waals surface area contributed by atoms with E-state index in [0.717, 1.165) is 4.47 Å². The first-order chi connectivity index (χ1) is 10.2. The van der Waals surface area contributed by atoms with Crippen molar-refractivity contribution in [2.75, 3.05) is 0 Å². The van der Waals surface area contributed by atoms with Crippen molar-refractivity contribution < 1.29 is 4.43 Å². The normalized spacial score (nSPS) is 19.2. The summed E-state index contributed by atoms with van der Waals surface area (Å²) in [4.78, 5) is 0. The van der Waals surface area contributed by atoms with Crippen LogP contribution >= 0.6 is 15.9 Å². The van der Waals surface area contributed by atoms with Gasteiger partial charge in [-0.2, -0.15) is 0 Å². The fourth-order valence-corrected chi connectivity index (χ4v) is 4.60. The maximum Gasteiger partial charge on any atom is 0.192 e. The van der Waals surface area contributed by atoms with Gasteiger partial charge in [0.15, 0.2) is 8.32 Å². The largest absolute Gasteiger partial charge is 0.410 e. The molecule has 0 heterocycles. The third-order valence-corrected chi connectivity index (χ3v) is 10.5. The van der Waals surface area contributed by atoms with Gasteiger partial charge in [-0.15, -0.1) is 0 Å². The highest BCUT2D eigenvalue weighted by atomic mass is 79.9. The van der Waals surface area contributed by atoms with Crippen LogP contribution in [0.2, 0.25) is 18.1 Å². The Morgan fingerprint density at radius 3 is 2.09 bits per heavy atom. The summed E-state index contributed by atoms with van der Waals surface area (Å²) in [5.41, 5.74) is 1.36. The molecule has 1 unspecified atom stereocenters. The molecule has 22 heavy (non-hydrogen) atoms. The lowest BCUT2D eigenvalue weighted by atomic mass is 9.83. The van der Waals surface area contributed by atoms with E-state index < -0.39 is 8.32 Å². The summed E-state index contributed by atoms with van der Waals surface area (Å²) in [7, 11) is -1.76. The first-order valence-electron chi connectivity index (χ1n) is 8.64.